The first-order valence-corrected chi connectivity index (χ1v) is 11.9. The number of aromatic nitrogens is 2. The quantitative estimate of drug-likeness (QED) is 0.571. The first-order chi connectivity index (χ1) is 15.8. The summed E-state index contributed by atoms with van der Waals surface area (Å²) in [5, 5.41) is 18.0. The van der Waals surface area contributed by atoms with Crippen molar-refractivity contribution in [3.63, 3.8) is 0 Å². The van der Waals surface area contributed by atoms with Crippen molar-refractivity contribution in [3.8, 4) is 17.0 Å². The van der Waals surface area contributed by atoms with Gasteiger partial charge < -0.3 is 15.2 Å². The number of aliphatic hydroxyl groups is 1. The Balaban J connectivity index is 1.87. The monoisotopic (exact) mass is 477 g/mol. The number of hydrogen-bond donors (Lipinski definition) is 2. The molecule has 0 radical (unpaired) electrons. The second-order valence-electron chi connectivity index (χ2n) is 11.0. The molecule has 1 aliphatic rings. The average Bonchev–Trinajstić information content (AvgIpc) is 3.02. The van der Waals surface area contributed by atoms with E-state index in [4.69, 9.17) is 4.74 Å². The SMILES string of the molecule is Cc1c(C(=O)NCC2(O)CCC(C)CC2)nn(C)c1-c1ccc(CC(C)(C)C)cc1OC(F)F. The Morgan fingerprint density at radius 2 is 1.97 bits per heavy atom. The molecule has 8 heteroatoms. The van der Waals surface area contributed by atoms with E-state index in [1.165, 1.54) is 4.68 Å². The minimum Gasteiger partial charge on any atom is -0.434 e. The number of carbonyl (C=O) groups excluding carboxylic acids is 1. The number of alkyl halides is 2. The van der Waals surface area contributed by atoms with Crippen molar-refractivity contribution in [2.75, 3.05) is 6.54 Å². The second kappa shape index (κ2) is 10.0. The predicted octanol–water partition coefficient (Wildman–Crippen LogP) is 5.26. The molecule has 2 N–H and O–H groups in total. The molecule has 0 aliphatic heterocycles. The summed E-state index contributed by atoms with van der Waals surface area (Å²) in [6.07, 6.45) is 3.85. The third-order valence-corrected chi connectivity index (χ3v) is 6.53. The van der Waals surface area contributed by atoms with Crippen LogP contribution in [-0.2, 0) is 13.5 Å². The smallest absolute Gasteiger partial charge is 0.387 e. The molecule has 0 saturated heterocycles. The number of nitrogens with zero attached hydrogens (tertiary/aromatic N) is 2. The van der Waals surface area contributed by atoms with Crippen LogP contribution in [0.5, 0.6) is 5.75 Å². The van der Waals surface area contributed by atoms with Crippen molar-refractivity contribution in [2.45, 2.75) is 78.9 Å². The number of nitrogens with one attached hydrogen (secondary N) is 1. The third kappa shape index (κ3) is 6.34. The van der Waals surface area contributed by atoms with Crippen LogP contribution in [0.3, 0.4) is 0 Å². The molecule has 1 heterocycles. The number of aryl methyl sites for hydroxylation is 1. The Morgan fingerprint density at radius 3 is 2.56 bits per heavy atom. The zero-order valence-corrected chi connectivity index (χ0v) is 21.0. The van der Waals surface area contributed by atoms with Crippen molar-refractivity contribution in [1.82, 2.24) is 15.1 Å². The number of halogens is 2. The lowest BCUT2D eigenvalue weighted by atomic mass is 9.79. The van der Waals surface area contributed by atoms with Gasteiger partial charge in [0.25, 0.3) is 5.91 Å². The van der Waals surface area contributed by atoms with Gasteiger partial charge in [0.15, 0.2) is 5.69 Å². The molecule has 0 unspecified atom stereocenters. The van der Waals surface area contributed by atoms with E-state index in [9.17, 15) is 18.7 Å². The zero-order valence-electron chi connectivity index (χ0n) is 21.0. The summed E-state index contributed by atoms with van der Waals surface area (Å²) in [6.45, 7) is 7.32. The molecule has 1 aliphatic carbocycles. The summed E-state index contributed by atoms with van der Waals surface area (Å²) in [5.74, 6) is 0.239. The van der Waals surface area contributed by atoms with Gasteiger partial charge in [-0.05, 0) is 68.1 Å². The number of rotatable bonds is 7. The molecule has 1 saturated carbocycles. The van der Waals surface area contributed by atoms with Crippen LogP contribution in [0.4, 0.5) is 8.78 Å². The molecular formula is C26H37F2N3O3. The minimum absolute atomic E-state index is 0.0161. The maximum Gasteiger partial charge on any atom is 0.387 e. The van der Waals surface area contributed by atoms with Crippen LogP contribution in [0.2, 0.25) is 0 Å². The van der Waals surface area contributed by atoms with E-state index in [1.807, 2.05) is 6.07 Å². The van der Waals surface area contributed by atoms with Crippen molar-refractivity contribution in [1.29, 1.82) is 0 Å². The van der Waals surface area contributed by atoms with Crippen molar-refractivity contribution >= 4 is 5.91 Å². The second-order valence-corrected chi connectivity index (χ2v) is 11.0. The summed E-state index contributed by atoms with van der Waals surface area (Å²) < 4.78 is 32.8. The maximum absolute atomic E-state index is 13.2. The van der Waals surface area contributed by atoms with Crippen LogP contribution in [0.25, 0.3) is 11.3 Å². The molecule has 1 aromatic heterocycles. The van der Waals surface area contributed by atoms with Gasteiger partial charge in [-0.1, -0.05) is 33.8 Å². The maximum atomic E-state index is 13.2. The highest BCUT2D eigenvalue weighted by atomic mass is 19.3. The fraction of sp³-hybridized carbons (Fsp3) is 0.615. The number of ether oxygens (including phenoxy) is 1. The molecular weight excluding hydrogens is 440 g/mol. The first-order valence-electron chi connectivity index (χ1n) is 11.9. The van der Waals surface area contributed by atoms with Gasteiger partial charge >= 0.3 is 6.61 Å². The molecule has 0 atom stereocenters. The van der Waals surface area contributed by atoms with Gasteiger partial charge in [0.1, 0.15) is 5.75 Å². The predicted molar refractivity (Wildman–Crippen MR) is 128 cm³/mol. The van der Waals surface area contributed by atoms with E-state index in [-0.39, 0.29) is 23.4 Å². The van der Waals surface area contributed by atoms with Crippen molar-refractivity contribution in [2.24, 2.45) is 18.4 Å². The standard InChI is InChI=1S/C26H37F2N3O3/c1-16-9-11-26(33,12-10-16)15-29-23(32)21-17(2)22(31(6)30-21)19-8-7-18(14-25(3,4)5)13-20(19)34-24(27)28/h7-8,13,16,24,33H,9-12,14-15H2,1-6H3,(H,29,32). The van der Waals surface area contributed by atoms with Gasteiger partial charge in [-0.15, -0.1) is 0 Å². The summed E-state index contributed by atoms with van der Waals surface area (Å²) >= 11 is 0. The summed E-state index contributed by atoms with van der Waals surface area (Å²) in [7, 11) is 1.67. The van der Waals surface area contributed by atoms with E-state index >= 15 is 0 Å². The number of carbonyl (C=O) groups is 1. The highest BCUT2D eigenvalue weighted by Crippen LogP contribution is 2.36. The lowest BCUT2D eigenvalue weighted by molar-refractivity contribution is -0.0495. The van der Waals surface area contributed by atoms with E-state index in [0.717, 1.165) is 18.4 Å². The Labute approximate surface area is 200 Å². The van der Waals surface area contributed by atoms with E-state index in [0.29, 0.717) is 42.0 Å². The van der Waals surface area contributed by atoms with E-state index in [1.54, 1.807) is 26.1 Å². The molecule has 0 spiro atoms. The van der Waals surface area contributed by atoms with Crippen molar-refractivity contribution < 1.29 is 23.4 Å². The number of benzene rings is 1. The summed E-state index contributed by atoms with van der Waals surface area (Å²) in [6, 6.07) is 5.28. The fourth-order valence-electron chi connectivity index (χ4n) is 4.70. The van der Waals surface area contributed by atoms with Crippen LogP contribution >= 0.6 is 0 Å². The van der Waals surface area contributed by atoms with Gasteiger partial charge in [0.05, 0.1) is 11.3 Å². The molecule has 1 aromatic carbocycles. The topological polar surface area (TPSA) is 76.4 Å². The largest absolute Gasteiger partial charge is 0.434 e. The van der Waals surface area contributed by atoms with Crippen LogP contribution in [-0.4, -0.2) is 39.6 Å². The average molecular weight is 478 g/mol. The summed E-state index contributed by atoms with van der Waals surface area (Å²) in [4.78, 5) is 12.9. The highest BCUT2D eigenvalue weighted by Gasteiger charge is 2.33. The molecule has 34 heavy (non-hydrogen) atoms. The lowest BCUT2D eigenvalue weighted by Gasteiger charge is -2.34. The molecule has 6 nitrogen and oxygen atoms in total. The first kappa shape index (κ1) is 26.1. The van der Waals surface area contributed by atoms with Gasteiger partial charge in [0, 0.05) is 24.7 Å². The Bertz CT molecular complexity index is 1020. The fourth-order valence-corrected chi connectivity index (χ4v) is 4.70. The van der Waals surface area contributed by atoms with Crippen molar-refractivity contribution in [3.05, 3.63) is 35.0 Å². The third-order valence-electron chi connectivity index (χ3n) is 6.53. The number of amides is 1. The van der Waals surface area contributed by atoms with Crippen LogP contribution < -0.4 is 10.1 Å². The minimum atomic E-state index is -2.97. The van der Waals surface area contributed by atoms with Gasteiger partial charge in [-0.2, -0.15) is 13.9 Å². The molecule has 0 bridgehead atoms. The molecule has 1 fully saturated rings. The molecule has 1 amide bonds. The Morgan fingerprint density at radius 1 is 1.32 bits per heavy atom. The highest BCUT2D eigenvalue weighted by molar-refractivity contribution is 5.95. The van der Waals surface area contributed by atoms with E-state index in [2.05, 4.69) is 38.1 Å². The van der Waals surface area contributed by atoms with Crippen LogP contribution in [0.1, 0.15) is 75.0 Å². The van der Waals surface area contributed by atoms with Gasteiger partial charge in [-0.3, -0.25) is 9.48 Å². The molecule has 3 rings (SSSR count). The Kier molecular flexibility index (Phi) is 7.70. The van der Waals surface area contributed by atoms with Gasteiger partial charge in [0.2, 0.25) is 0 Å². The van der Waals surface area contributed by atoms with Crippen LogP contribution in [0, 0.1) is 18.3 Å². The zero-order chi connectivity index (χ0) is 25.3. The normalized spacial score (nSPS) is 21.1. The molecule has 2 aromatic rings. The van der Waals surface area contributed by atoms with E-state index < -0.39 is 18.1 Å². The van der Waals surface area contributed by atoms with Crippen LogP contribution in [0.15, 0.2) is 18.2 Å². The lowest BCUT2D eigenvalue weighted by Crippen LogP contribution is -2.45. The number of hydrogen-bond acceptors (Lipinski definition) is 4. The summed E-state index contributed by atoms with van der Waals surface area (Å²) in [5.41, 5.74) is 1.71. The molecule has 188 valence electrons. The Hall–Kier alpha value is -2.48. The van der Waals surface area contributed by atoms with Gasteiger partial charge in [-0.25, -0.2) is 0 Å².